The first-order chi connectivity index (χ1) is 22.5. The van der Waals surface area contributed by atoms with E-state index in [2.05, 4.69) is 16.0 Å². The van der Waals surface area contributed by atoms with Gasteiger partial charge in [0.25, 0.3) is 5.91 Å². The number of aryl methyl sites for hydroxylation is 1. The lowest BCUT2D eigenvalue weighted by atomic mass is 9.89. The molecule has 2 amide bonds. The average Bonchev–Trinajstić information content (AvgIpc) is 3.73. The summed E-state index contributed by atoms with van der Waals surface area (Å²) in [7, 11) is 1.95. The van der Waals surface area contributed by atoms with E-state index in [9.17, 15) is 14.4 Å². The third-order valence-electron chi connectivity index (χ3n) is 8.43. The smallest absolute Gasteiger partial charge is 0.319 e. The summed E-state index contributed by atoms with van der Waals surface area (Å²) in [5.41, 5.74) is 3.16. The zero-order chi connectivity index (χ0) is 33.6. The average molecular weight is 638 g/mol. The predicted octanol–water partition coefficient (Wildman–Crippen LogP) is 4.57. The van der Waals surface area contributed by atoms with Gasteiger partial charge in [0.15, 0.2) is 0 Å². The molecule has 11 heteroatoms. The van der Waals surface area contributed by atoms with E-state index in [1.807, 2.05) is 73.7 Å². The van der Waals surface area contributed by atoms with E-state index in [0.717, 1.165) is 41.0 Å². The third kappa shape index (κ3) is 7.86. The van der Waals surface area contributed by atoms with Gasteiger partial charge in [0.2, 0.25) is 5.91 Å². The molecule has 47 heavy (non-hydrogen) atoms. The quantitative estimate of drug-likeness (QED) is 0.101. The number of hydrogen-bond donors (Lipinski definition) is 4. The molecule has 1 aromatic heterocycles. The maximum absolute atomic E-state index is 13.8. The number of hydrogen-bond acceptors (Lipinski definition) is 8. The minimum atomic E-state index is -1.14. The van der Waals surface area contributed by atoms with Crippen LogP contribution in [0.4, 0.5) is 5.69 Å². The van der Waals surface area contributed by atoms with Gasteiger partial charge >= 0.3 is 5.97 Å². The van der Waals surface area contributed by atoms with Crippen LogP contribution in [0.25, 0.3) is 11.0 Å². The summed E-state index contributed by atoms with van der Waals surface area (Å²) >= 11 is 0. The topological polar surface area (TPSA) is 141 Å². The summed E-state index contributed by atoms with van der Waals surface area (Å²) in [4.78, 5) is 45.5. The molecular weight excluding hydrogens is 594 g/mol. The number of carbonyl (C=O) groups is 3. The number of fused-ring (bicyclic) bond motifs is 1. The van der Waals surface area contributed by atoms with E-state index in [-0.39, 0.29) is 30.1 Å². The van der Waals surface area contributed by atoms with Crippen molar-refractivity contribution in [2.24, 2.45) is 13.0 Å². The molecule has 1 saturated heterocycles. The van der Waals surface area contributed by atoms with Crippen LogP contribution in [0.2, 0.25) is 0 Å². The van der Waals surface area contributed by atoms with Gasteiger partial charge in [0.1, 0.15) is 17.2 Å². The molecule has 0 unspecified atom stereocenters. The molecule has 0 saturated carbocycles. The summed E-state index contributed by atoms with van der Waals surface area (Å²) in [6.45, 7) is 7.85. The Balaban J connectivity index is 1.28. The van der Waals surface area contributed by atoms with E-state index < -0.39 is 11.5 Å². The molecule has 0 bridgehead atoms. The molecule has 246 valence electrons. The van der Waals surface area contributed by atoms with Crippen LogP contribution in [0.5, 0.6) is 0 Å². The van der Waals surface area contributed by atoms with Gasteiger partial charge in [-0.15, -0.1) is 0 Å². The molecule has 4 aromatic rings. The summed E-state index contributed by atoms with van der Waals surface area (Å²) in [5.74, 6) is 0.243. The Bertz CT molecular complexity index is 1740. The van der Waals surface area contributed by atoms with Crippen molar-refractivity contribution in [1.29, 1.82) is 5.41 Å². The molecular formula is C36H43N7O4. The van der Waals surface area contributed by atoms with Crippen molar-refractivity contribution in [3.63, 3.8) is 0 Å². The number of carbonyl (C=O) groups excluding carboxylic acids is 3. The van der Waals surface area contributed by atoms with Crippen molar-refractivity contribution in [2.75, 3.05) is 31.6 Å². The van der Waals surface area contributed by atoms with Gasteiger partial charge in [0, 0.05) is 37.0 Å². The molecule has 3 aromatic carbocycles. The maximum atomic E-state index is 13.8. The number of imidazole rings is 1. The van der Waals surface area contributed by atoms with E-state index in [1.54, 1.807) is 36.4 Å². The molecule has 0 spiro atoms. The minimum Gasteiger partial charge on any atom is -0.464 e. The number of aromatic nitrogens is 2. The first-order valence-electron chi connectivity index (χ1n) is 16.0. The number of amidine groups is 1. The fraction of sp³-hybridized carbons (Fsp3) is 0.361. The Morgan fingerprint density at radius 3 is 2.36 bits per heavy atom. The van der Waals surface area contributed by atoms with Crippen molar-refractivity contribution in [1.82, 2.24) is 25.1 Å². The number of amides is 2. The van der Waals surface area contributed by atoms with Gasteiger partial charge in [-0.05, 0) is 79.8 Å². The van der Waals surface area contributed by atoms with Crippen LogP contribution in [0.15, 0.2) is 72.8 Å². The van der Waals surface area contributed by atoms with Gasteiger partial charge in [-0.3, -0.25) is 25.1 Å². The zero-order valence-electron chi connectivity index (χ0n) is 27.4. The lowest BCUT2D eigenvalue weighted by Gasteiger charge is -2.34. The number of nitrogens with zero attached hydrogens (tertiary/aromatic N) is 3. The van der Waals surface area contributed by atoms with Crippen molar-refractivity contribution in [3.05, 3.63) is 95.3 Å². The molecule has 0 radical (unpaired) electrons. The summed E-state index contributed by atoms with van der Waals surface area (Å²) < 4.78 is 7.37. The van der Waals surface area contributed by atoms with Crippen LogP contribution in [-0.4, -0.2) is 64.3 Å². The normalized spacial score (nSPS) is 14.2. The first kappa shape index (κ1) is 33.3. The van der Waals surface area contributed by atoms with Crippen molar-refractivity contribution in [2.45, 2.75) is 45.7 Å². The monoisotopic (exact) mass is 637 g/mol. The van der Waals surface area contributed by atoms with Crippen LogP contribution < -0.4 is 16.0 Å². The Morgan fingerprint density at radius 1 is 0.979 bits per heavy atom. The fourth-order valence-corrected chi connectivity index (χ4v) is 5.60. The second-order valence-corrected chi connectivity index (χ2v) is 12.5. The lowest BCUT2D eigenvalue weighted by Crippen LogP contribution is -2.54. The van der Waals surface area contributed by atoms with Crippen LogP contribution in [0.3, 0.4) is 0 Å². The Morgan fingerprint density at radius 2 is 1.68 bits per heavy atom. The SMILES string of the molecule is CC(C)COC(=O)CN[C@@](C)(C(=O)N1CCCC1)c1ccc2c(c1)nc(CNc1ccc(C(=N)NC(=O)c3ccccc3)cc1)n2C. The van der Waals surface area contributed by atoms with Crippen LogP contribution in [0, 0.1) is 11.3 Å². The number of esters is 1. The molecule has 1 aliphatic heterocycles. The summed E-state index contributed by atoms with van der Waals surface area (Å²) in [6, 6.07) is 21.9. The number of rotatable bonds is 12. The number of nitrogens with one attached hydrogen (secondary N) is 4. The first-order valence-corrected chi connectivity index (χ1v) is 16.0. The van der Waals surface area contributed by atoms with Crippen molar-refractivity contribution < 1.29 is 19.1 Å². The number of ether oxygens (including phenoxy) is 1. The van der Waals surface area contributed by atoms with E-state index in [1.165, 1.54) is 0 Å². The van der Waals surface area contributed by atoms with Gasteiger partial charge in [-0.1, -0.05) is 38.1 Å². The number of anilines is 1. The van der Waals surface area contributed by atoms with Gasteiger partial charge in [-0.2, -0.15) is 0 Å². The molecule has 11 nitrogen and oxygen atoms in total. The maximum Gasteiger partial charge on any atom is 0.319 e. The summed E-state index contributed by atoms with van der Waals surface area (Å²) in [5, 5.41) is 17.5. The standard InChI is InChI=1S/C36H43N7O4/c1-24(2)23-47-32(44)22-39-36(3,35(46)43-18-8-9-19-43)27-14-17-30-29(20-27)40-31(42(30)4)21-38-28-15-12-25(13-16-28)33(37)41-34(45)26-10-6-5-7-11-26/h5-7,10-17,20,24,38-39H,8-9,18-19,21-23H2,1-4H3,(H2,37,41,45)/t36-/m1/s1. The molecule has 4 N–H and O–H groups in total. The van der Waals surface area contributed by atoms with Crippen LogP contribution in [-0.2, 0) is 33.5 Å². The number of likely N-dealkylation sites (tertiary alicyclic amines) is 1. The summed E-state index contributed by atoms with van der Waals surface area (Å²) in [6.07, 6.45) is 1.92. The molecule has 1 aliphatic rings. The Kier molecular flexibility index (Phi) is 10.4. The molecule has 0 aliphatic carbocycles. The minimum absolute atomic E-state index is 0.0220. The second-order valence-electron chi connectivity index (χ2n) is 12.5. The third-order valence-corrected chi connectivity index (χ3v) is 8.43. The van der Waals surface area contributed by atoms with E-state index in [4.69, 9.17) is 15.1 Å². The lowest BCUT2D eigenvalue weighted by molar-refractivity contribution is -0.145. The number of benzene rings is 3. The predicted molar refractivity (Wildman–Crippen MR) is 182 cm³/mol. The molecule has 5 rings (SSSR count). The van der Waals surface area contributed by atoms with Gasteiger partial charge in [0.05, 0.1) is 30.7 Å². The highest BCUT2D eigenvalue weighted by atomic mass is 16.5. The fourth-order valence-electron chi connectivity index (χ4n) is 5.60. The van der Waals surface area contributed by atoms with Crippen molar-refractivity contribution in [3.8, 4) is 0 Å². The van der Waals surface area contributed by atoms with Gasteiger partial charge in [-0.25, -0.2) is 4.98 Å². The van der Waals surface area contributed by atoms with Crippen molar-refractivity contribution >= 4 is 40.3 Å². The van der Waals surface area contributed by atoms with E-state index in [0.29, 0.717) is 37.4 Å². The highest BCUT2D eigenvalue weighted by molar-refractivity contribution is 6.11. The van der Waals surface area contributed by atoms with Crippen LogP contribution in [0.1, 0.15) is 60.9 Å². The Hall–Kier alpha value is -5.03. The molecule has 2 heterocycles. The largest absolute Gasteiger partial charge is 0.464 e. The highest BCUT2D eigenvalue weighted by Crippen LogP contribution is 2.29. The Labute approximate surface area is 275 Å². The van der Waals surface area contributed by atoms with E-state index >= 15 is 0 Å². The highest BCUT2D eigenvalue weighted by Gasteiger charge is 2.40. The second kappa shape index (κ2) is 14.6. The molecule has 1 fully saturated rings. The zero-order valence-corrected chi connectivity index (χ0v) is 27.4. The van der Waals surface area contributed by atoms with Gasteiger partial charge < -0.3 is 24.8 Å². The van der Waals surface area contributed by atoms with Crippen LogP contribution >= 0.6 is 0 Å². The molecule has 1 atom stereocenters.